The molecule has 7 nitrogen and oxygen atoms in total. The summed E-state index contributed by atoms with van der Waals surface area (Å²) in [5.74, 6) is 1.10. The molecule has 4 heterocycles. The number of hydrogen-bond acceptors (Lipinski definition) is 5. The zero-order valence-electron chi connectivity index (χ0n) is 15.8. The molecule has 2 aliphatic rings. The van der Waals surface area contributed by atoms with Gasteiger partial charge in [-0.3, -0.25) is 4.68 Å². The number of piperidine rings is 1. The molecule has 0 spiro atoms. The Morgan fingerprint density at radius 1 is 1.19 bits per heavy atom. The van der Waals surface area contributed by atoms with Crippen molar-refractivity contribution >= 4 is 15.8 Å². The quantitative estimate of drug-likeness (QED) is 0.783. The average molecular weight is 390 g/mol. The largest absolute Gasteiger partial charge is 0.355 e. The molecule has 2 aliphatic heterocycles. The Morgan fingerprint density at radius 3 is 2.74 bits per heavy atom. The van der Waals surface area contributed by atoms with Crippen molar-refractivity contribution in [2.75, 3.05) is 31.1 Å². The van der Waals surface area contributed by atoms with Gasteiger partial charge >= 0.3 is 0 Å². The van der Waals surface area contributed by atoms with E-state index in [0.717, 1.165) is 45.2 Å². The maximum absolute atomic E-state index is 13.2. The fourth-order valence-corrected chi connectivity index (χ4v) is 5.85. The summed E-state index contributed by atoms with van der Waals surface area (Å²) in [5, 5.41) is 4.24. The van der Waals surface area contributed by atoms with Gasteiger partial charge < -0.3 is 4.90 Å². The minimum atomic E-state index is -3.49. The minimum absolute atomic E-state index is 0.355. The molecule has 8 heteroatoms. The first-order chi connectivity index (χ1) is 13.0. The molecular formula is C19H27N5O2S. The van der Waals surface area contributed by atoms with Crippen molar-refractivity contribution in [3.63, 3.8) is 0 Å². The Labute approximate surface area is 161 Å². The average Bonchev–Trinajstić information content (AvgIpc) is 3.32. The second kappa shape index (κ2) is 7.59. The third-order valence-electron chi connectivity index (χ3n) is 5.55. The van der Waals surface area contributed by atoms with Crippen molar-refractivity contribution in [1.82, 2.24) is 19.1 Å². The molecule has 4 rings (SSSR count). The third-order valence-corrected chi connectivity index (χ3v) is 7.47. The molecule has 0 N–H and O–H groups in total. The van der Waals surface area contributed by atoms with E-state index in [2.05, 4.69) is 21.2 Å². The maximum Gasteiger partial charge on any atom is 0.246 e. The summed E-state index contributed by atoms with van der Waals surface area (Å²) in [6.45, 7) is 2.89. The molecule has 0 radical (unpaired) electrons. The van der Waals surface area contributed by atoms with Crippen LogP contribution in [0.1, 0.15) is 31.2 Å². The van der Waals surface area contributed by atoms with Crippen molar-refractivity contribution in [1.29, 1.82) is 0 Å². The number of aryl methyl sites for hydroxylation is 1. The van der Waals surface area contributed by atoms with E-state index in [1.165, 1.54) is 5.56 Å². The summed E-state index contributed by atoms with van der Waals surface area (Å²) in [6, 6.07) is 3.43. The molecule has 1 unspecified atom stereocenters. The van der Waals surface area contributed by atoms with Gasteiger partial charge in [0.1, 0.15) is 10.7 Å². The number of pyridine rings is 1. The minimum Gasteiger partial charge on any atom is -0.355 e. The highest BCUT2D eigenvalue weighted by atomic mass is 32.2. The first-order valence-electron chi connectivity index (χ1n) is 9.71. The van der Waals surface area contributed by atoms with Crippen LogP contribution in [0.4, 0.5) is 5.82 Å². The van der Waals surface area contributed by atoms with Crippen LogP contribution in [0.15, 0.2) is 35.6 Å². The van der Waals surface area contributed by atoms with Crippen molar-refractivity contribution < 1.29 is 8.42 Å². The maximum atomic E-state index is 13.2. The van der Waals surface area contributed by atoms with Gasteiger partial charge in [-0.15, -0.1) is 0 Å². The lowest BCUT2D eigenvalue weighted by Gasteiger charge is -2.28. The van der Waals surface area contributed by atoms with E-state index in [0.29, 0.717) is 29.7 Å². The monoisotopic (exact) mass is 389 g/mol. The Kier molecular flexibility index (Phi) is 5.19. The highest BCUT2D eigenvalue weighted by Gasteiger charge is 2.32. The van der Waals surface area contributed by atoms with Crippen LogP contribution in [-0.4, -0.2) is 53.7 Å². The van der Waals surface area contributed by atoms with Gasteiger partial charge in [0.05, 0.1) is 6.20 Å². The summed E-state index contributed by atoms with van der Waals surface area (Å²) in [5.41, 5.74) is 1.23. The summed E-state index contributed by atoms with van der Waals surface area (Å²) in [7, 11) is -1.56. The van der Waals surface area contributed by atoms with Crippen molar-refractivity contribution in [2.45, 2.75) is 37.0 Å². The third kappa shape index (κ3) is 3.87. The fourth-order valence-electron chi connectivity index (χ4n) is 4.17. The van der Waals surface area contributed by atoms with E-state index in [1.54, 1.807) is 22.6 Å². The normalized spacial score (nSPS) is 21.7. The highest BCUT2D eigenvalue weighted by molar-refractivity contribution is 7.89. The van der Waals surface area contributed by atoms with Crippen LogP contribution in [0, 0.1) is 5.92 Å². The molecule has 0 aromatic carbocycles. The Hall–Kier alpha value is -1.93. The van der Waals surface area contributed by atoms with E-state index in [-0.39, 0.29) is 0 Å². The van der Waals surface area contributed by atoms with Crippen LogP contribution in [0.25, 0.3) is 0 Å². The number of anilines is 1. The lowest BCUT2D eigenvalue weighted by atomic mass is 10.0. The molecule has 2 saturated heterocycles. The predicted molar refractivity (Wildman–Crippen MR) is 104 cm³/mol. The van der Waals surface area contributed by atoms with Crippen molar-refractivity contribution in [2.24, 2.45) is 13.0 Å². The zero-order chi connectivity index (χ0) is 18.9. The lowest BCUT2D eigenvalue weighted by Crippen LogP contribution is -2.36. The molecular weight excluding hydrogens is 362 g/mol. The van der Waals surface area contributed by atoms with Gasteiger partial charge in [-0.2, -0.15) is 9.40 Å². The first kappa shape index (κ1) is 18.4. The number of sulfonamides is 1. The molecule has 0 aliphatic carbocycles. The number of aromatic nitrogens is 3. The molecule has 0 saturated carbocycles. The Bertz CT molecular complexity index is 889. The molecule has 2 fully saturated rings. The number of rotatable bonds is 5. The van der Waals surface area contributed by atoms with Crippen molar-refractivity contribution in [3.8, 4) is 0 Å². The summed E-state index contributed by atoms with van der Waals surface area (Å²) in [4.78, 5) is 6.96. The lowest BCUT2D eigenvalue weighted by molar-refractivity contribution is 0.346. The summed E-state index contributed by atoms with van der Waals surface area (Å²) >= 11 is 0. The zero-order valence-corrected chi connectivity index (χ0v) is 16.6. The van der Waals surface area contributed by atoms with Crippen molar-refractivity contribution in [3.05, 3.63) is 36.3 Å². The van der Waals surface area contributed by atoms with Crippen LogP contribution >= 0.6 is 0 Å². The van der Waals surface area contributed by atoms with Gasteiger partial charge in [-0.05, 0) is 49.3 Å². The second-order valence-electron chi connectivity index (χ2n) is 7.62. The Balaban J connectivity index is 1.53. The van der Waals surface area contributed by atoms with E-state index < -0.39 is 10.0 Å². The molecule has 27 heavy (non-hydrogen) atoms. The van der Waals surface area contributed by atoms with Crippen LogP contribution in [-0.2, 0) is 23.5 Å². The molecule has 2 aromatic heterocycles. The summed E-state index contributed by atoms with van der Waals surface area (Å²) in [6.07, 6.45) is 10.6. The number of nitrogens with zero attached hydrogens (tertiary/aromatic N) is 5. The van der Waals surface area contributed by atoms with E-state index in [4.69, 9.17) is 0 Å². The second-order valence-corrected chi connectivity index (χ2v) is 9.52. The highest BCUT2D eigenvalue weighted by Crippen LogP contribution is 2.31. The number of hydrogen-bond donors (Lipinski definition) is 0. The molecule has 1 atom stereocenters. The van der Waals surface area contributed by atoms with Crippen LogP contribution < -0.4 is 4.90 Å². The van der Waals surface area contributed by atoms with Crippen LogP contribution in [0.3, 0.4) is 0 Å². The van der Waals surface area contributed by atoms with Gasteiger partial charge in [0, 0.05) is 45.6 Å². The van der Waals surface area contributed by atoms with Crippen LogP contribution in [0.5, 0.6) is 0 Å². The van der Waals surface area contributed by atoms with Gasteiger partial charge in [-0.25, -0.2) is 13.4 Å². The topological polar surface area (TPSA) is 71.3 Å². The SMILES string of the molecule is Cn1cc(CC2CCN(c3ncccc3S(=O)(=O)N3CCCCC3)C2)cn1. The van der Waals surface area contributed by atoms with Gasteiger partial charge in [0.2, 0.25) is 10.0 Å². The molecule has 2 aromatic rings. The van der Waals surface area contributed by atoms with E-state index >= 15 is 0 Å². The predicted octanol–water partition coefficient (Wildman–Crippen LogP) is 2.06. The van der Waals surface area contributed by atoms with Gasteiger partial charge in [0.15, 0.2) is 0 Å². The molecule has 0 bridgehead atoms. The smallest absolute Gasteiger partial charge is 0.246 e. The first-order valence-corrected chi connectivity index (χ1v) is 11.2. The Morgan fingerprint density at radius 2 is 2.00 bits per heavy atom. The standard InChI is InChI=1S/C19H27N5O2S/c1-22-14-17(13-21-22)12-16-7-11-23(15-16)19-18(6-5-8-20-19)27(25,26)24-9-3-2-4-10-24/h5-6,8,13-14,16H,2-4,7,9-12,15H2,1H3. The molecule has 146 valence electrons. The summed E-state index contributed by atoms with van der Waals surface area (Å²) < 4.78 is 29.8. The van der Waals surface area contributed by atoms with E-state index in [1.807, 2.05) is 17.9 Å². The molecule has 0 amide bonds. The van der Waals surface area contributed by atoms with Gasteiger partial charge in [-0.1, -0.05) is 6.42 Å². The van der Waals surface area contributed by atoms with E-state index in [9.17, 15) is 8.42 Å². The fraction of sp³-hybridized carbons (Fsp3) is 0.579. The van der Waals surface area contributed by atoms with Gasteiger partial charge in [0.25, 0.3) is 0 Å². The van der Waals surface area contributed by atoms with Crippen LogP contribution in [0.2, 0.25) is 0 Å².